The maximum atomic E-state index is 10.3. The average molecular weight is 166 g/mol. The van der Waals surface area contributed by atoms with Crippen molar-refractivity contribution in [2.45, 2.75) is 39.5 Å². The summed E-state index contributed by atoms with van der Waals surface area (Å²) >= 11 is 0. The van der Waals surface area contributed by atoms with E-state index in [1.165, 1.54) is 0 Å². The maximum Gasteiger partial charge on any atom is 1.00 e. The molecule has 1 atom stereocenters. The van der Waals surface area contributed by atoms with Crippen LogP contribution in [0.4, 0.5) is 0 Å². The van der Waals surface area contributed by atoms with Crippen LogP contribution in [0.5, 0.6) is 0 Å². The molecule has 0 amide bonds. The minimum absolute atomic E-state index is 0. The van der Waals surface area contributed by atoms with Crippen LogP contribution in [0.3, 0.4) is 0 Å². The molecule has 0 aliphatic carbocycles. The van der Waals surface area contributed by atoms with E-state index in [1.807, 2.05) is 6.92 Å². The Balaban J connectivity index is 0. The minimum atomic E-state index is -0.893. The zero-order valence-electron chi connectivity index (χ0n) is 7.72. The fourth-order valence-electron chi connectivity index (χ4n) is 0.939. The molecule has 0 spiro atoms. The molecule has 0 aromatic carbocycles. The Morgan fingerprint density at radius 3 is 2.27 bits per heavy atom. The van der Waals surface area contributed by atoms with Gasteiger partial charge in [0.15, 0.2) is 0 Å². The number of unbranched alkanes of at least 4 members (excludes halogenated alkanes) is 1. The number of aliphatic carboxylic acids is 1. The number of carboxylic acid groups (broad SMARTS) is 1. The van der Waals surface area contributed by atoms with Crippen molar-refractivity contribution in [3.05, 3.63) is 0 Å². The summed E-state index contributed by atoms with van der Waals surface area (Å²) in [5.41, 5.74) is 0. The van der Waals surface area contributed by atoms with Crippen molar-refractivity contribution in [2.24, 2.45) is 5.92 Å². The van der Waals surface area contributed by atoms with E-state index in [-0.39, 0.29) is 35.5 Å². The van der Waals surface area contributed by atoms with Crippen LogP contribution in [0.25, 0.3) is 0 Å². The number of hydrogen-bond acceptors (Lipinski definition) is 2. The van der Waals surface area contributed by atoms with Gasteiger partial charge in [-0.25, -0.2) is 0 Å². The van der Waals surface area contributed by atoms with Crippen molar-refractivity contribution in [1.29, 1.82) is 0 Å². The van der Waals surface area contributed by atoms with Crippen LogP contribution in [0.1, 0.15) is 39.5 Å². The van der Waals surface area contributed by atoms with Crippen LogP contribution in [0.15, 0.2) is 0 Å². The summed E-state index contributed by atoms with van der Waals surface area (Å²) in [5, 5.41) is 10.3. The quantitative estimate of drug-likeness (QED) is 0.441. The topological polar surface area (TPSA) is 40.1 Å². The Hall–Kier alpha value is 0.470. The van der Waals surface area contributed by atoms with Gasteiger partial charge in [-0.1, -0.05) is 26.7 Å². The van der Waals surface area contributed by atoms with E-state index >= 15 is 0 Å². The van der Waals surface area contributed by atoms with Crippen molar-refractivity contribution in [3.63, 3.8) is 0 Å². The first-order chi connectivity index (χ1) is 4.72. The van der Waals surface area contributed by atoms with Gasteiger partial charge in [0.1, 0.15) is 0 Å². The molecule has 3 heteroatoms. The van der Waals surface area contributed by atoms with E-state index in [2.05, 4.69) is 6.92 Å². The van der Waals surface area contributed by atoms with Gasteiger partial charge in [0, 0.05) is 5.97 Å². The molecule has 0 aromatic heterocycles. The van der Waals surface area contributed by atoms with E-state index in [4.69, 9.17) is 0 Å². The predicted octanol–water partition coefficient (Wildman–Crippen LogP) is -2.04. The van der Waals surface area contributed by atoms with Crippen LogP contribution in [0.2, 0.25) is 0 Å². The molecule has 0 heterocycles. The minimum Gasteiger partial charge on any atom is -0.550 e. The van der Waals surface area contributed by atoms with Crippen molar-refractivity contribution < 1.29 is 39.5 Å². The van der Waals surface area contributed by atoms with Crippen LogP contribution in [0, 0.1) is 5.92 Å². The van der Waals surface area contributed by atoms with Gasteiger partial charge in [-0.3, -0.25) is 0 Å². The Morgan fingerprint density at radius 1 is 1.45 bits per heavy atom. The molecule has 0 radical (unpaired) electrons. The monoisotopic (exact) mass is 166 g/mol. The number of rotatable bonds is 5. The molecule has 60 valence electrons. The second-order valence-corrected chi connectivity index (χ2v) is 2.57. The molecule has 2 nitrogen and oxygen atoms in total. The third-order valence-electron chi connectivity index (χ3n) is 1.73. The molecule has 0 aliphatic rings. The standard InChI is InChI=1S/C8H16O2.Na/c1-3-5-6-7(4-2)8(9)10;/h7H,3-6H2,1-2H3,(H,9,10);/q;+1/p-1/t7-;/m0./s1. The van der Waals surface area contributed by atoms with E-state index in [0.29, 0.717) is 6.42 Å². The van der Waals surface area contributed by atoms with E-state index < -0.39 is 5.97 Å². The Bertz CT molecular complexity index is 104. The molecular weight excluding hydrogens is 151 g/mol. The molecule has 0 unspecified atom stereocenters. The molecule has 0 fully saturated rings. The molecule has 0 bridgehead atoms. The molecule has 0 rings (SSSR count). The first-order valence-electron chi connectivity index (χ1n) is 3.93. The van der Waals surface area contributed by atoms with Crippen LogP contribution >= 0.6 is 0 Å². The van der Waals surface area contributed by atoms with E-state index in [9.17, 15) is 9.90 Å². The van der Waals surface area contributed by atoms with E-state index in [1.54, 1.807) is 0 Å². The zero-order valence-corrected chi connectivity index (χ0v) is 9.72. The first kappa shape index (κ1) is 14.0. The van der Waals surface area contributed by atoms with Gasteiger partial charge in [0.25, 0.3) is 0 Å². The number of carbonyl (C=O) groups excluding carboxylic acids is 1. The van der Waals surface area contributed by atoms with Gasteiger partial charge in [-0.2, -0.15) is 0 Å². The fraction of sp³-hybridized carbons (Fsp3) is 0.875. The summed E-state index contributed by atoms with van der Waals surface area (Å²) in [7, 11) is 0. The summed E-state index contributed by atoms with van der Waals surface area (Å²) in [6.07, 6.45) is 3.52. The van der Waals surface area contributed by atoms with E-state index in [0.717, 1.165) is 19.3 Å². The number of carboxylic acids is 1. The maximum absolute atomic E-state index is 10.3. The van der Waals surface area contributed by atoms with Crippen molar-refractivity contribution in [2.75, 3.05) is 0 Å². The molecule has 0 N–H and O–H groups in total. The summed E-state index contributed by atoms with van der Waals surface area (Å²) in [6.45, 7) is 3.94. The second-order valence-electron chi connectivity index (χ2n) is 2.57. The van der Waals surface area contributed by atoms with Crippen LogP contribution in [-0.4, -0.2) is 5.97 Å². The molecule has 0 aliphatic heterocycles. The molecule has 0 saturated heterocycles. The van der Waals surface area contributed by atoms with Gasteiger partial charge < -0.3 is 9.90 Å². The first-order valence-corrected chi connectivity index (χ1v) is 3.93. The Kier molecular flexibility index (Phi) is 10.9. The summed E-state index contributed by atoms with van der Waals surface area (Å²) in [6, 6.07) is 0. The summed E-state index contributed by atoms with van der Waals surface area (Å²) in [4.78, 5) is 10.3. The summed E-state index contributed by atoms with van der Waals surface area (Å²) < 4.78 is 0. The van der Waals surface area contributed by atoms with Gasteiger partial charge in [-0.15, -0.1) is 0 Å². The largest absolute Gasteiger partial charge is 1.00 e. The Labute approximate surface area is 90.7 Å². The van der Waals surface area contributed by atoms with Crippen LogP contribution < -0.4 is 34.7 Å². The molecular formula is C8H15NaO2. The van der Waals surface area contributed by atoms with Gasteiger partial charge in [0.05, 0.1) is 0 Å². The van der Waals surface area contributed by atoms with Crippen molar-refractivity contribution in [1.82, 2.24) is 0 Å². The van der Waals surface area contributed by atoms with Crippen molar-refractivity contribution >= 4 is 5.97 Å². The van der Waals surface area contributed by atoms with Crippen molar-refractivity contribution in [3.8, 4) is 0 Å². The van der Waals surface area contributed by atoms with Crippen LogP contribution in [-0.2, 0) is 4.79 Å². The number of carbonyl (C=O) groups is 1. The number of hydrogen-bond donors (Lipinski definition) is 0. The normalized spacial score (nSPS) is 11.8. The SMILES string of the molecule is CCCC[C@H](CC)C(=O)[O-].[Na+]. The third-order valence-corrected chi connectivity index (χ3v) is 1.73. The van der Waals surface area contributed by atoms with Gasteiger partial charge in [0.2, 0.25) is 0 Å². The zero-order chi connectivity index (χ0) is 7.98. The third kappa shape index (κ3) is 6.85. The second kappa shape index (κ2) is 8.57. The molecule has 0 saturated carbocycles. The fourth-order valence-corrected chi connectivity index (χ4v) is 0.939. The van der Waals surface area contributed by atoms with Gasteiger partial charge in [-0.05, 0) is 18.8 Å². The van der Waals surface area contributed by atoms with Gasteiger partial charge >= 0.3 is 29.6 Å². The summed E-state index contributed by atoms with van der Waals surface area (Å²) in [5.74, 6) is -1.11. The average Bonchev–Trinajstić information content (AvgIpc) is 1.89. The Morgan fingerprint density at radius 2 is 2.00 bits per heavy atom. The molecule has 0 aromatic rings. The molecule has 11 heavy (non-hydrogen) atoms. The smallest absolute Gasteiger partial charge is 0.550 e. The predicted molar refractivity (Wildman–Crippen MR) is 38.3 cm³/mol.